The number of azide groups is 1. The summed E-state index contributed by atoms with van der Waals surface area (Å²) in [7, 11) is 0. The zero-order valence-corrected chi connectivity index (χ0v) is 23.5. The van der Waals surface area contributed by atoms with Gasteiger partial charge in [-0.15, -0.1) is 0 Å². The zero-order valence-electron chi connectivity index (χ0n) is 23.5. The van der Waals surface area contributed by atoms with Gasteiger partial charge in [-0.25, -0.2) is 9.59 Å². The Bertz CT molecular complexity index is 1080. The fourth-order valence-electron chi connectivity index (χ4n) is 4.91. The highest BCUT2D eigenvalue weighted by Crippen LogP contribution is 2.33. The minimum Gasteiger partial charge on any atom is -0.479 e. The summed E-state index contributed by atoms with van der Waals surface area (Å²) in [6.45, 7) is -0.0842. The normalized spacial score (nSPS) is 41.9. The molecule has 45 heavy (non-hydrogen) atoms. The Hall–Kier alpha value is -2.80. The smallest absolute Gasteiger partial charge is 0.335 e. The van der Waals surface area contributed by atoms with Crippen molar-refractivity contribution in [2.45, 2.75) is 105 Å². The maximum atomic E-state index is 12.2. The highest BCUT2D eigenvalue weighted by Gasteiger charge is 2.56. The van der Waals surface area contributed by atoms with Crippen molar-refractivity contribution in [3.63, 3.8) is 0 Å². The molecule has 0 saturated carbocycles. The van der Waals surface area contributed by atoms with E-state index in [0.717, 1.165) is 6.92 Å². The van der Waals surface area contributed by atoms with E-state index >= 15 is 0 Å². The van der Waals surface area contributed by atoms with Crippen molar-refractivity contribution < 1.29 is 88.8 Å². The van der Waals surface area contributed by atoms with Gasteiger partial charge in [-0.1, -0.05) is 5.11 Å². The molecule has 3 aliphatic rings. The molecule has 0 unspecified atom stereocenters. The molecule has 0 aromatic rings. The molecular formula is C23H36N4O18. The number of aliphatic hydroxyl groups is 7. The van der Waals surface area contributed by atoms with Crippen molar-refractivity contribution in [3.05, 3.63) is 10.4 Å². The Morgan fingerprint density at radius 2 is 1.40 bits per heavy atom. The number of carboxylic acids is 2. The molecule has 0 radical (unpaired) electrons. The number of ether oxygens (including phenoxy) is 6. The highest BCUT2D eigenvalue weighted by molar-refractivity contribution is 5.74. The molecule has 0 aliphatic carbocycles. The lowest BCUT2D eigenvalue weighted by Crippen LogP contribution is -2.70. The molecule has 0 bridgehead atoms. The second-order valence-corrected chi connectivity index (χ2v) is 10.3. The first-order chi connectivity index (χ1) is 21.2. The quantitative estimate of drug-likeness (QED) is 0.0382. The van der Waals surface area contributed by atoms with Crippen LogP contribution in [-0.2, 0) is 42.8 Å². The molecule has 0 aromatic carbocycles. The maximum absolute atomic E-state index is 12.2. The van der Waals surface area contributed by atoms with Crippen molar-refractivity contribution in [2.75, 3.05) is 19.8 Å². The first-order valence-corrected chi connectivity index (χ1v) is 13.5. The van der Waals surface area contributed by atoms with Crippen LogP contribution >= 0.6 is 0 Å². The summed E-state index contributed by atoms with van der Waals surface area (Å²) in [6.07, 6.45) is -27.1. The molecule has 0 aromatic heterocycles. The Kier molecular flexibility index (Phi) is 13.2. The summed E-state index contributed by atoms with van der Waals surface area (Å²) in [4.78, 5) is 38.3. The Labute approximate surface area is 253 Å². The lowest BCUT2D eigenvalue weighted by atomic mass is 9.94. The third kappa shape index (κ3) is 8.52. The van der Waals surface area contributed by atoms with Crippen molar-refractivity contribution in [3.8, 4) is 0 Å². The first kappa shape index (κ1) is 36.7. The third-order valence-corrected chi connectivity index (χ3v) is 7.15. The number of hydrogen-bond acceptors (Lipinski definition) is 17. The summed E-state index contributed by atoms with van der Waals surface area (Å²) in [5.41, 5.74) is 8.34. The molecule has 0 spiro atoms. The summed E-state index contributed by atoms with van der Waals surface area (Å²) in [5, 5.41) is 97.5. The van der Waals surface area contributed by atoms with Gasteiger partial charge in [-0.3, -0.25) is 4.79 Å². The molecule has 3 heterocycles. The molecule has 10 N–H and O–H groups in total. The van der Waals surface area contributed by atoms with Crippen molar-refractivity contribution in [2.24, 2.45) is 5.11 Å². The molecular weight excluding hydrogens is 620 g/mol. The summed E-state index contributed by atoms with van der Waals surface area (Å²) < 4.78 is 32.5. The van der Waals surface area contributed by atoms with E-state index in [2.05, 4.69) is 15.3 Å². The molecule has 22 heteroatoms. The van der Waals surface area contributed by atoms with Gasteiger partial charge < -0.3 is 79.7 Å². The zero-order chi connectivity index (χ0) is 33.6. The van der Waals surface area contributed by atoms with Gasteiger partial charge >= 0.3 is 11.9 Å². The lowest BCUT2D eigenvalue weighted by molar-refractivity contribution is -0.360. The van der Waals surface area contributed by atoms with Gasteiger partial charge in [0, 0.05) is 25.0 Å². The molecule has 3 saturated heterocycles. The van der Waals surface area contributed by atoms with Crippen molar-refractivity contribution in [1.82, 2.24) is 5.32 Å². The molecule has 15 atom stereocenters. The van der Waals surface area contributed by atoms with Crippen LogP contribution in [0.15, 0.2) is 5.11 Å². The average Bonchev–Trinajstić information content (AvgIpc) is 2.98. The van der Waals surface area contributed by atoms with Gasteiger partial charge in [0.15, 0.2) is 31.1 Å². The van der Waals surface area contributed by atoms with E-state index < -0.39 is 117 Å². The molecule has 1 amide bonds. The predicted octanol–water partition coefficient (Wildman–Crippen LogP) is -5.52. The average molecular weight is 657 g/mol. The van der Waals surface area contributed by atoms with Gasteiger partial charge in [0.05, 0.1) is 6.61 Å². The Balaban J connectivity index is 1.88. The topological polar surface area (TPSA) is 349 Å². The van der Waals surface area contributed by atoms with Crippen LogP contribution in [0.3, 0.4) is 0 Å². The second-order valence-electron chi connectivity index (χ2n) is 10.3. The molecule has 3 fully saturated rings. The largest absolute Gasteiger partial charge is 0.479 e. The van der Waals surface area contributed by atoms with E-state index in [9.17, 15) is 60.3 Å². The number of carbonyl (C=O) groups excluding carboxylic acids is 1. The number of amides is 1. The molecule has 256 valence electrons. The fourth-order valence-corrected chi connectivity index (χ4v) is 4.91. The van der Waals surface area contributed by atoms with Crippen LogP contribution in [0.5, 0.6) is 0 Å². The van der Waals surface area contributed by atoms with E-state index in [1.54, 1.807) is 0 Å². The van der Waals surface area contributed by atoms with Crippen LogP contribution < -0.4 is 5.32 Å². The molecule has 3 rings (SSSR count). The first-order valence-electron chi connectivity index (χ1n) is 13.5. The van der Waals surface area contributed by atoms with Crippen LogP contribution in [0.2, 0.25) is 0 Å². The summed E-state index contributed by atoms with van der Waals surface area (Å²) in [6, 6.07) is -1.68. The van der Waals surface area contributed by atoms with Crippen molar-refractivity contribution >= 4 is 17.8 Å². The van der Waals surface area contributed by atoms with Crippen LogP contribution in [0, 0.1) is 0 Å². The van der Waals surface area contributed by atoms with Crippen LogP contribution in [0.1, 0.15) is 13.3 Å². The van der Waals surface area contributed by atoms with Gasteiger partial charge in [0.2, 0.25) is 5.91 Å². The number of aliphatic carboxylic acids is 2. The number of nitrogens with one attached hydrogen (secondary N) is 1. The van der Waals surface area contributed by atoms with Crippen LogP contribution in [0.25, 0.3) is 10.4 Å². The standard InChI is InChI=1S/C23H36N4O18/c1-6(29)26-8-15(42-23-13(34)10(31)11(32)17(44-23)19(36)37)9(30)7(5-28)41-21(8)43-16-12(33)14(35)22(45-18(16)20(38)39)40-4-2-3-25-27-24/h7-18,21-23,28,30-35H,2-5H2,1H3,(H,26,29)(H,36,37)(H,38,39)/t7-,8-,9-,10+,11+,12-,13-,14-,15-,16+,17+,18+,21+,22-,23-/m1/s1. The second kappa shape index (κ2) is 16.2. The van der Waals surface area contributed by atoms with E-state index in [4.69, 9.17) is 34.0 Å². The minimum absolute atomic E-state index is 0.0140. The van der Waals surface area contributed by atoms with Gasteiger partial charge in [-0.2, -0.15) is 0 Å². The highest BCUT2D eigenvalue weighted by atomic mass is 16.8. The SMILES string of the molecule is CC(=O)N[C@H]1[C@H](O[C@H]2[C@H](O)[C@@H](O)[C@H](OCCCN=[N+]=[N-])O[C@@H]2C(=O)O)O[C@H](CO)[C@@H](O)[C@@H]1O[C@@H]1O[C@H](C(=O)O)[C@@H](O)[C@H](O)[C@H]1O. The summed E-state index contributed by atoms with van der Waals surface area (Å²) >= 11 is 0. The van der Waals surface area contributed by atoms with Crippen molar-refractivity contribution in [1.29, 1.82) is 0 Å². The number of carbonyl (C=O) groups is 3. The number of nitrogens with zero attached hydrogens (tertiary/aromatic N) is 3. The number of aliphatic hydroxyl groups excluding tert-OH is 7. The van der Waals surface area contributed by atoms with Crippen LogP contribution in [-0.4, -0.2) is 176 Å². The van der Waals surface area contributed by atoms with E-state index in [1.165, 1.54) is 0 Å². The molecule has 22 nitrogen and oxygen atoms in total. The number of rotatable bonds is 13. The van der Waals surface area contributed by atoms with Crippen LogP contribution in [0.4, 0.5) is 0 Å². The Morgan fingerprint density at radius 3 is 1.98 bits per heavy atom. The minimum atomic E-state index is -2.11. The third-order valence-electron chi connectivity index (χ3n) is 7.15. The van der Waals surface area contributed by atoms with Gasteiger partial charge in [0.1, 0.15) is 61.0 Å². The van der Waals surface area contributed by atoms with Gasteiger partial charge in [-0.05, 0) is 12.0 Å². The van der Waals surface area contributed by atoms with E-state index in [-0.39, 0.29) is 19.6 Å². The number of hydrogen-bond donors (Lipinski definition) is 10. The van der Waals surface area contributed by atoms with E-state index in [0.29, 0.717) is 0 Å². The molecule has 3 aliphatic heterocycles. The van der Waals surface area contributed by atoms with E-state index in [1.807, 2.05) is 0 Å². The fraction of sp³-hybridized carbons (Fsp3) is 0.870. The number of carboxylic acid groups (broad SMARTS) is 2. The predicted molar refractivity (Wildman–Crippen MR) is 136 cm³/mol. The lowest BCUT2D eigenvalue weighted by Gasteiger charge is -2.49. The maximum Gasteiger partial charge on any atom is 0.335 e. The van der Waals surface area contributed by atoms with Gasteiger partial charge in [0.25, 0.3) is 0 Å². The Morgan fingerprint density at radius 1 is 0.800 bits per heavy atom. The summed E-state index contributed by atoms with van der Waals surface area (Å²) in [5.74, 6) is -4.25. The monoisotopic (exact) mass is 656 g/mol.